The zero-order chi connectivity index (χ0) is 13.1. The molecule has 1 heterocycles. The lowest BCUT2D eigenvalue weighted by atomic mass is 10.1. The topological polar surface area (TPSA) is 75.8 Å². The lowest BCUT2D eigenvalue weighted by Gasteiger charge is -2.30. The number of hydrogen-bond donors (Lipinski definition) is 2. The van der Waals surface area contributed by atoms with Crippen LogP contribution in [-0.4, -0.2) is 42.2 Å². The summed E-state index contributed by atoms with van der Waals surface area (Å²) in [6, 6.07) is 4.99. The Kier molecular flexibility index (Phi) is 3.72. The number of benzene rings is 1. The lowest BCUT2D eigenvalue weighted by molar-refractivity contribution is 0.0474. The number of likely N-dealkylation sites (tertiary alicyclic amines) is 1. The van der Waals surface area contributed by atoms with E-state index >= 15 is 0 Å². The van der Waals surface area contributed by atoms with Crippen LogP contribution in [0, 0.1) is 0 Å². The number of methoxy groups -OCH3 is 1. The number of amides is 1. The molecule has 1 atom stereocenters. The summed E-state index contributed by atoms with van der Waals surface area (Å²) in [4.78, 5) is 13.9. The summed E-state index contributed by atoms with van der Waals surface area (Å²) in [6.07, 6.45) is 1.17. The summed E-state index contributed by atoms with van der Waals surface area (Å²) in [6.45, 7) is 1.08. The van der Waals surface area contributed by atoms with E-state index in [9.17, 15) is 9.90 Å². The molecule has 0 unspecified atom stereocenters. The highest BCUT2D eigenvalue weighted by Gasteiger charge is 2.23. The van der Waals surface area contributed by atoms with Crippen LogP contribution in [0.4, 0.5) is 5.69 Å². The fourth-order valence-corrected chi connectivity index (χ4v) is 2.19. The fraction of sp³-hybridized carbons (Fsp3) is 0.462. The molecule has 5 nitrogen and oxygen atoms in total. The summed E-state index contributed by atoms with van der Waals surface area (Å²) < 4.78 is 5.05. The van der Waals surface area contributed by atoms with Gasteiger partial charge in [0, 0.05) is 18.7 Å². The first-order valence-electron chi connectivity index (χ1n) is 6.02. The molecule has 0 aliphatic carbocycles. The summed E-state index contributed by atoms with van der Waals surface area (Å²) in [7, 11) is 1.54. The lowest BCUT2D eigenvalue weighted by Crippen LogP contribution is -2.42. The fourth-order valence-electron chi connectivity index (χ4n) is 2.19. The zero-order valence-electron chi connectivity index (χ0n) is 10.4. The minimum atomic E-state index is -0.418. The number of piperidine rings is 1. The Labute approximate surface area is 106 Å². The summed E-state index contributed by atoms with van der Waals surface area (Å²) in [5, 5.41) is 9.57. The third-order valence-corrected chi connectivity index (χ3v) is 3.16. The molecule has 1 saturated heterocycles. The highest BCUT2D eigenvalue weighted by molar-refractivity contribution is 5.95. The Morgan fingerprint density at radius 2 is 2.33 bits per heavy atom. The predicted molar refractivity (Wildman–Crippen MR) is 68.6 cm³/mol. The van der Waals surface area contributed by atoms with Crippen LogP contribution < -0.4 is 10.5 Å². The summed E-state index contributed by atoms with van der Waals surface area (Å²) in [5.41, 5.74) is 6.76. The van der Waals surface area contributed by atoms with E-state index in [0.29, 0.717) is 30.1 Å². The van der Waals surface area contributed by atoms with Crippen molar-refractivity contribution in [3.05, 3.63) is 23.8 Å². The van der Waals surface area contributed by atoms with Crippen molar-refractivity contribution in [3.8, 4) is 5.75 Å². The van der Waals surface area contributed by atoms with Crippen LogP contribution in [0.25, 0.3) is 0 Å². The molecule has 18 heavy (non-hydrogen) atoms. The smallest absolute Gasteiger partial charge is 0.254 e. The number of aliphatic hydroxyl groups excluding tert-OH is 1. The largest absolute Gasteiger partial charge is 0.495 e. The minimum absolute atomic E-state index is 0.0943. The average Bonchev–Trinajstić information content (AvgIpc) is 2.37. The Morgan fingerprint density at radius 1 is 1.56 bits per heavy atom. The first-order valence-corrected chi connectivity index (χ1v) is 6.02. The van der Waals surface area contributed by atoms with Crippen molar-refractivity contribution in [2.75, 3.05) is 25.9 Å². The maximum Gasteiger partial charge on any atom is 0.254 e. The van der Waals surface area contributed by atoms with Crippen LogP contribution in [-0.2, 0) is 0 Å². The second-order valence-electron chi connectivity index (χ2n) is 4.50. The van der Waals surface area contributed by atoms with E-state index < -0.39 is 6.10 Å². The van der Waals surface area contributed by atoms with Gasteiger partial charge in [-0.2, -0.15) is 0 Å². The van der Waals surface area contributed by atoms with Gasteiger partial charge in [-0.15, -0.1) is 0 Å². The monoisotopic (exact) mass is 250 g/mol. The van der Waals surface area contributed by atoms with Gasteiger partial charge in [-0.05, 0) is 31.0 Å². The van der Waals surface area contributed by atoms with Crippen LogP contribution in [0.5, 0.6) is 5.75 Å². The van der Waals surface area contributed by atoms with Crippen molar-refractivity contribution in [1.82, 2.24) is 4.90 Å². The SMILES string of the molecule is COc1ccc(C(=O)N2CCC[C@H](O)C2)cc1N. The Bertz CT molecular complexity index is 448. The minimum Gasteiger partial charge on any atom is -0.495 e. The van der Waals surface area contributed by atoms with Gasteiger partial charge in [-0.1, -0.05) is 0 Å². The second-order valence-corrected chi connectivity index (χ2v) is 4.50. The average molecular weight is 250 g/mol. The third kappa shape index (κ3) is 2.56. The van der Waals surface area contributed by atoms with Gasteiger partial charge in [0.15, 0.2) is 0 Å². The number of rotatable bonds is 2. The van der Waals surface area contributed by atoms with Crippen LogP contribution in [0.3, 0.4) is 0 Å². The molecule has 0 spiro atoms. The number of carbonyl (C=O) groups is 1. The maximum atomic E-state index is 12.2. The van der Waals surface area contributed by atoms with Gasteiger partial charge < -0.3 is 20.5 Å². The van der Waals surface area contributed by atoms with Gasteiger partial charge in [-0.3, -0.25) is 4.79 Å². The van der Waals surface area contributed by atoms with Crippen LogP contribution in [0.15, 0.2) is 18.2 Å². The molecule has 1 fully saturated rings. The number of β-amino-alcohol motifs (C(OH)–C–C–N with tert-alkyl or cyclic N) is 1. The van der Waals surface area contributed by atoms with E-state index in [2.05, 4.69) is 0 Å². The van der Waals surface area contributed by atoms with Crippen molar-refractivity contribution in [2.24, 2.45) is 0 Å². The van der Waals surface area contributed by atoms with Gasteiger partial charge in [0.05, 0.1) is 18.9 Å². The van der Waals surface area contributed by atoms with Crippen LogP contribution >= 0.6 is 0 Å². The summed E-state index contributed by atoms with van der Waals surface area (Å²) >= 11 is 0. The number of nitrogen functional groups attached to an aromatic ring is 1. The quantitative estimate of drug-likeness (QED) is 0.764. The number of nitrogens with two attached hydrogens (primary N) is 1. The molecule has 5 heteroatoms. The Balaban J connectivity index is 2.15. The highest BCUT2D eigenvalue weighted by atomic mass is 16.5. The van der Waals surface area contributed by atoms with Crippen molar-refractivity contribution in [3.63, 3.8) is 0 Å². The van der Waals surface area contributed by atoms with Crippen LogP contribution in [0.1, 0.15) is 23.2 Å². The third-order valence-electron chi connectivity index (χ3n) is 3.16. The van der Waals surface area contributed by atoms with Gasteiger partial charge in [0.2, 0.25) is 0 Å². The van der Waals surface area contributed by atoms with Gasteiger partial charge in [-0.25, -0.2) is 0 Å². The molecule has 0 radical (unpaired) electrons. The summed E-state index contributed by atoms with van der Waals surface area (Å²) in [5.74, 6) is 0.466. The highest BCUT2D eigenvalue weighted by Crippen LogP contribution is 2.23. The van der Waals surface area contributed by atoms with E-state index in [1.165, 1.54) is 7.11 Å². The van der Waals surface area contributed by atoms with E-state index in [1.54, 1.807) is 23.1 Å². The number of carbonyl (C=O) groups excluding carboxylic acids is 1. The molecule has 1 amide bonds. The van der Waals surface area contributed by atoms with Gasteiger partial charge in [0.25, 0.3) is 5.91 Å². The van der Waals surface area contributed by atoms with E-state index in [1.807, 2.05) is 0 Å². The van der Waals surface area contributed by atoms with E-state index in [4.69, 9.17) is 10.5 Å². The first-order chi connectivity index (χ1) is 8.61. The number of ether oxygens (including phenoxy) is 1. The molecule has 1 aliphatic heterocycles. The molecule has 1 aliphatic rings. The predicted octanol–water partition coefficient (Wildman–Crippen LogP) is 0.874. The molecule has 98 valence electrons. The molecule has 0 saturated carbocycles. The van der Waals surface area contributed by atoms with E-state index in [0.717, 1.165) is 12.8 Å². The first kappa shape index (κ1) is 12.7. The number of nitrogens with zero attached hydrogens (tertiary/aromatic N) is 1. The molecule has 1 aromatic rings. The normalized spacial score (nSPS) is 19.7. The number of anilines is 1. The molecule has 3 N–H and O–H groups in total. The molecular weight excluding hydrogens is 232 g/mol. The maximum absolute atomic E-state index is 12.2. The van der Waals surface area contributed by atoms with Gasteiger partial charge >= 0.3 is 0 Å². The Morgan fingerprint density at radius 3 is 2.94 bits per heavy atom. The number of aliphatic hydroxyl groups is 1. The van der Waals surface area contributed by atoms with Gasteiger partial charge in [0.1, 0.15) is 5.75 Å². The molecule has 1 aromatic carbocycles. The second kappa shape index (κ2) is 5.27. The molecule has 0 bridgehead atoms. The molecule has 0 aromatic heterocycles. The van der Waals surface area contributed by atoms with Crippen molar-refractivity contribution >= 4 is 11.6 Å². The molecule has 2 rings (SSSR count). The van der Waals surface area contributed by atoms with E-state index in [-0.39, 0.29) is 5.91 Å². The van der Waals surface area contributed by atoms with Crippen LogP contribution in [0.2, 0.25) is 0 Å². The van der Waals surface area contributed by atoms with Crippen molar-refractivity contribution in [1.29, 1.82) is 0 Å². The standard InChI is InChI=1S/C13H18N2O3/c1-18-12-5-4-9(7-11(12)14)13(17)15-6-2-3-10(16)8-15/h4-5,7,10,16H,2-3,6,8,14H2,1H3/t10-/m0/s1. The van der Waals surface area contributed by atoms with Crippen molar-refractivity contribution < 1.29 is 14.6 Å². The van der Waals surface area contributed by atoms with Crippen molar-refractivity contribution in [2.45, 2.75) is 18.9 Å². The Hall–Kier alpha value is -1.75. The number of hydrogen-bond acceptors (Lipinski definition) is 4. The molecular formula is C13H18N2O3. The zero-order valence-corrected chi connectivity index (χ0v) is 10.4.